The number of H-pyrrole nitrogens is 1. The van der Waals surface area contributed by atoms with Crippen LogP contribution in [0.25, 0.3) is 17.1 Å². The highest BCUT2D eigenvalue weighted by Crippen LogP contribution is 2.36. The van der Waals surface area contributed by atoms with Crippen molar-refractivity contribution < 1.29 is 14.3 Å². The Kier molecular flexibility index (Phi) is 6.55. The number of nitrogens with one attached hydrogen (secondary N) is 2. The molecule has 1 heterocycles. The highest BCUT2D eigenvalue weighted by atomic mass is 35.5. The molecule has 1 amide bonds. The zero-order valence-electron chi connectivity index (χ0n) is 15.8. The van der Waals surface area contributed by atoms with Crippen LogP contribution in [0.1, 0.15) is 18.3 Å². The molecule has 28 heavy (non-hydrogen) atoms. The van der Waals surface area contributed by atoms with Gasteiger partial charge in [-0.15, -0.1) is 0 Å². The number of aromatic amines is 1. The molecule has 6 nitrogen and oxygen atoms in total. The summed E-state index contributed by atoms with van der Waals surface area (Å²) in [4.78, 5) is 19.8. The van der Waals surface area contributed by atoms with E-state index in [1.807, 2.05) is 31.2 Å². The van der Waals surface area contributed by atoms with Crippen LogP contribution in [0.3, 0.4) is 0 Å². The van der Waals surface area contributed by atoms with Crippen molar-refractivity contribution in [1.82, 2.24) is 15.3 Å². The quantitative estimate of drug-likeness (QED) is 0.561. The molecule has 0 aliphatic rings. The number of hydrogen-bond donors (Lipinski definition) is 2. The lowest BCUT2D eigenvalue weighted by molar-refractivity contribution is -0.116. The van der Waals surface area contributed by atoms with Crippen LogP contribution in [0, 0.1) is 0 Å². The van der Waals surface area contributed by atoms with E-state index in [1.54, 1.807) is 25.3 Å². The van der Waals surface area contributed by atoms with Crippen molar-refractivity contribution in [3.05, 3.63) is 58.9 Å². The first-order valence-electron chi connectivity index (χ1n) is 9.00. The number of methoxy groups -OCH3 is 1. The van der Waals surface area contributed by atoms with E-state index in [9.17, 15) is 4.79 Å². The molecule has 0 radical (unpaired) electrons. The van der Waals surface area contributed by atoms with Gasteiger partial charge in [0.2, 0.25) is 5.91 Å². The van der Waals surface area contributed by atoms with Crippen molar-refractivity contribution in [2.75, 3.05) is 20.3 Å². The molecular weight excluding hydrogens is 378 g/mol. The third-order valence-electron chi connectivity index (χ3n) is 4.07. The van der Waals surface area contributed by atoms with E-state index in [0.717, 1.165) is 22.4 Å². The molecule has 7 heteroatoms. The molecule has 2 aromatic carbocycles. The smallest absolute Gasteiger partial charge is 0.244 e. The lowest BCUT2D eigenvalue weighted by atomic mass is 10.2. The van der Waals surface area contributed by atoms with Gasteiger partial charge in [0.05, 0.1) is 29.8 Å². The molecule has 0 saturated heterocycles. The second-order valence-corrected chi connectivity index (χ2v) is 6.45. The maximum Gasteiger partial charge on any atom is 0.244 e. The van der Waals surface area contributed by atoms with Crippen LogP contribution < -0.4 is 14.8 Å². The fourth-order valence-electron chi connectivity index (χ4n) is 2.78. The Morgan fingerprint density at radius 1 is 1.32 bits per heavy atom. The van der Waals surface area contributed by atoms with Crippen molar-refractivity contribution in [1.29, 1.82) is 0 Å². The summed E-state index contributed by atoms with van der Waals surface area (Å²) in [5.74, 6) is 1.67. The van der Waals surface area contributed by atoms with Crippen molar-refractivity contribution in [3.63, 3.8) is 0 Å². The summed E-state index contributed by atoms with van der Waals surface area (Å²) >= 11 is 6.24. The van der Waals surface area contributed by atoms with Gasteiger partial charge in [-0.1, -0.05) is 23.7 Å². The second-order valence-electron chi connectivity index (χ2n) is 6.04. The number of fused-ring (bicyclic) bond motifs is 1. The van der Waals surface area contributed by atoms with Gasteiger partial charge in [0.1, 0.15) is 5.82 Å². The second kappa shape index (κ2) is 9.28. The third kappa shape index (κ3) is 4.84. The van der Waals surface area contributed by atoms with Gasteiger partial charge >= 0.3 is 0 Å². The molecule has 0 atom stereocenters. The molecule has 3 aromatic rings. The Hall–Kier alpha value is -2.99. The Morgan fingerprint density at radius 3 is 2.89 bits per heavy atom. The first-order valence-corrected chi connectivity index (χ1v) is 9.38. The number of para-hydroxylation sites is 2. The number of aromatic nitrogens is 2. The molecule has 0 unspecified atom stereocenters. The topological polar surface area (TPSA) is 76.2 Å². The molecule has 2 N–H and O–H groups in total. The predicted molar refractivity (Wildman–Crippen MR) is 111 cm³/mol. The molecule has 146 valence electrons. The fourth-order valence-corrected chi connectivity index (χ4v) is 3.05. The van der Waals surface area contributed by atoms with Crippen molar-refractivity contribution in [2.24, 2.45) is 0 Å². The van der Waals surface area contributed by atoms with Crippen molar-refractivity contribution in [3.8, 4) is 11.5 Å². The molecule has 0 bridgehead atoms. The maximum absolute atomic E-state index is 12.1. The number of hydrogen-bond acceptors (Lipinski definition) is 4. The zero-order chi connectivity index (χ0) is 19.9. The lowest BCUT2D eigenvalue weighted by Gasteiger charge is -2.11. The van der Waals surface area contributed by atoms with Gasteiger partial charge < -0.3 is 19.8 Å². The summed E-state index contributed by atoms with van der Waals surface area (Å²) in [6.45, 7) is 2.84. The molecule has 0 saturated carbocycles. The summed E-state index contributed by atoms with van der Waals surface area (Å²) in [5.41, 5.74) is 2.66. The standard InChI is InChI=1S/C21H22ClN3O3/c1-3-28-21-15(22)12-14(13-18(21)27-2)8-9-20(26)23-11-10-19-24-16-6-4-5-7-17(16)25-19/h4-9,12-13H,3,10-11H2,1-2H3,(H,23,26)(H,24,25)/b9-8+. The van der Waals surface area contributed by atoms with Gasteiger partial charge in [-0.3, -0.25) is 4.79 Å². The number of ether oxygens (including phenoxy) is 2. The first kappa shape index (κ1) is 19.8. The summed E-state index contributed by atoms with van der Waals surface area (Å²) in [5, 5.41) is 3.28. The normalized spacial score (nSPS) is 11.1. The van der Waals surface area contributed by atoms with Crippen LogP contribution in [-0.4, -0.2) is 36.1 Å². The Balaban J connectivity index is 1.56. The molecule has 0 aliphatic heterocycles. The Morgan fingerprint density at radius 2 is 2.14 bits per heavy atom. The van der Waals surface area contributed by atoms with Crippen molar-refractivity contribution >= 4 is 34.6 Å². The third-order valence-corrected chi connectivity index (χ3v) is 4.35. The van der Waals surface area contributed by atoms with E-state index in [2.05, 4.69) is 15.3 Å². The highest BCUT2D eigenvalue weighted by molar-refractivity contribution is 6.32. The summed E-state index contributed by atoms with van der Waals surface area (Å²) in [7, 11) is 1.55. The predicted octanol–water partition coefficient (Wildman–Crippen LogP) is 4.00. The van der Waals surface area contributed by atoms with E-state index in [1.165, 1.54) is 6.08 Å². The van der Waals surface area contributed by atoms with Crippen molar-refractivity contribution in [2.45, 2.75) is 13.3 Å². The fraction of sp³-hybridized carbons (Fsp3) is 0.238. The van der Waals surface area contributed by atoms with E-state index in [4.69, 9.17) is 21.1 Å². The molecular formula is C21H22ClN3O3. The minimum Gasteiger partial charge on any atom is -0.493 e. The number of carbonyl (C=O) groups excluding carboxylic acids is 1. The summed E-state index contributed by atoms with van der Waals surface area (Å²) in [6, 6.07) is 11.3. The number of rotatable bonds is 8. The van der Waals surface area contributed by atoms with E-state index >= 15 is 0 Å². The molecule has 3 rings (SSSR count). The summed E-state index contributed by atoms with van der Waals surface area (Å²) < 4.78 is 10.8. The number of nitrogens with zero attached hydrogens (tertiary/aromatic N) is 1. The van der Waals surface area contributed by atoms with Crippen LogP contribution in [0.15, 0.2) is 42.5 Å². The summed E-state index contributed by atoms with van der Waals surface area (Å²) in [6.07, 6.45) is 3.77. The largest absolute Gasteiger partial charge is 0.493 e. The van der Waals surface area contributed by atoms with E-state index in [0.29, 0.717) is 36.1 Å². The Labute approximate surface area is 168 Å². The number of benzene rings is 2. The van der Waals surface area contributed by atoms with E-state index in [-0.39, 0.29) is 5.91 Å². The van der Waals surface area contributed by atoms with Crippen LogP contribution in [0.4, 0.5) is 0 Å². The SMILES string of the molecule is CCOc1c(Cl)cc(/C=C/C(=O)NCCc2nc3ccccc3[nH]2)cc1OC. The van der Waals surface area contributed by atoms with Gasteiger partial charge in [0.25, 0.3) is 0 Å². The average Bonchev–Trinajstić information content (AvgIpc) is 3.11. The molecule has 0 spiro atoms. The molecule has 0 aliphatic carbocycles. The van der Waals surface area contributed by atoms with Crippen LogP contribution in [0.2, 0.25) is 5.02 Å². The minimum absolute atomic E-state index is 0.194. The number of amides is 1. The first-order chi connectivity index (χ1) is 13.6. The Bertz CT molecular complexity index is 965. The maximum atomic E-state index is 12.1. The number of carbonyl (C=O) groups is 1. The van der Waals surface area contributed by atoms with E-state index < -0.39 is 0 Å². The highest BCUT2D eigenvalue weighted by Gasteiger charge is 2.10. The minimum atomic E-state index is -0.194. The van der Waals surface area contributed by atoms with Crippen LogP contribution in [0.5, 0.6) is 11.5 Å². The zero-order valence-corrected chi connectivity index (χ0v) is 16.5. The van der Waals surface area contributed by atoms with Gasteiger partial charge in [0.15, 0.2) is 11.5 Å². The van der Waals surface area contributed by atoms with Gasteiger partial charge in [0, 0.05) is 19.0 Å². The van der Waals surface area contributed by atoms with Crippen LogP contribution in [-0.2, 0) is 11.2 Å². The average molecular weight is 400 g/mol. The number of halogens is 1. The lowest BCUT2D eigenvalue weighted by Crippen LogP contribution is -2.23. The number of imidazole rings is 1. The van der Waals surface area contributed by atoms with Crippen LogP contribution >= 0.6 is 11.6 Å². The van der Waals surface area contributed by atoms with Gasteiger partial charge in [-0.25, -0.2) is 4.98 Å². The monoisotopic (exact) mass is 399 g/mol. The van der Waals surface area contributed by atoms with Gasteiger partial charge in [-0.2, -0.15) is 0 Å². The molecule has 0 fully saturated rings. The molecule has 1 aromatic heterocycles. The van der Waals surface area contributed by atoms with Gasteiger partial charge in [-0.05, 0) is 42.8 Å².